The first kappa shape index (κ1) is 20.8. The summed E-state index contributed by atoms with van der Waals surface area (Å²) < 4.78 is 25.7. The summed E-state index contributed by atoms with van der Waals surface area (Å²) in [5.74, 6) is -1.99. The lowest BCUT2D eigenvalue weighted by molar-refractivity contribution is -0.164. The van der Waals surface area contributed by atoms with Crippen molar-refractivity contribution in [1.82, 2.24) is 0 Å². The van der Waals surface area contributed by atoms with Gasteiger partial charge in [0.15, 0.2) is 6.29 Å². The van der Waals surface area contributed by atoms with Crippen LogP contribution in [0.1, 0.15) is 25.7 Å². The van der Waals surface area contributed by atoms with Crippen LogP contribution in [0.25, 0.3) is 0 Å². The zero-order valence-electron chi connectivity index (χ0n) is 13.2. The number of esters is 1. The first-order valence-corrected chi connectivity index (χ1v) is 7.18. The predicted octanol–water partition coefficient (Wildman–Crippen LogP) is 0.827. The zero-order valence-corrected chi connectivity index (χ0v) is 13.2. The molecule has 0 unspecified atom stereocenters. The van der Waals surface area contributed by atoms with Gasteiger partial charge in [0.25, 0.3) is 0 Å². The minimum Gasteiger partial charge on any atom is -0.481 e. The fourth-order valence-corrected chi connectivity index (χ4v) is 1.49. The van der Waals surface area contributed by atoms with Crippen LogP contribution in [0.15, 0.2) is 0 Å². The van der Waals surface area contributed by atoms with Gasteiger partial charge in [-0.1, -0.05) is 0 Å². The summed E-state index contributed by atoms with van der Waals surface area (Å²) in [5.41, 5.74) is 0. The second kappa shape index (κ2) is 14.7. The number of rotatable bonds is 15. The van der Waals surface area contributed by atoms with Gasteiger partial charge >= 0.3 is 11.9 Å². The number of carboxylic acid groups (broad SMARTS) is 1. The van der Waals surface area contributed by atoms with Crippen molar-refractivity contribution in [2.45, 2.75) is 32.0 Å². The van der Waals surface area contributed by atoms with Crippen LogP contribution in [0.5, 0.6) is 0 Å². The lowest BCUT2D eigenvalue weighted by atomic mass is 10.4. The van der Waals surface area contributed by atoms with E-state index in [0.29, 0.717) is 32.8 Å². The highest BCUT2D eigenvalue weighted by molar-refractivity contribution is 5.90. The number of ether oxygens (including phenoxy) is 5. The zero-order chi connectivity index (χ0) is 16.6. The third kappa shape index (κ3) is 13.7. The Morgan fingerprint density at radius 3 is 1.91 bits per heavy atom. The van der Waals surface area contributed by atoms with E-state index in [2.05, 4.69) is 0 Å². The van der Waals surface area contributed by atoms with Crippen LogP contribution < -0.4 is 0 Å². The number of methoxy groups -OCH3 is 2. The third-order valence-corrected chi connectivity index (χ3v) is 2.51. The highest BCUT2D eigenvalue weighted by atomic mass is 16.7. The molecule has 1 N–H and O–H groups in total. The minimum absolute atomic E-state index is 0.0470. The van der Waals surface area contributed by atoms with E-state index in [-0.39, 0.29) is 6.61 Å². The number of carbonyl (C=O) groups excluding carboxylic acids is 1. The summed E-state index contributed by atoms with van der Waals surface area (Å²) >= 11 is 0. The molecular weight excluding hydrogens is 296 g/mol. The standard InChI is InChI=1S/C14H26O8/c1-18-6-3-8-21-14(22-9-4-7-19-2)5-10-20-13(17)11-12(15)16/h14H,3-11H2,1-2H3,(H,15,16). The molecule has 0 fully saturated rings. The Labute approximate surface area is 130 Å². The quantitative estimate of drug-likeness (QED) is 0.205. The minimum atomic E-state index is -1.21. The number of carboxylic acids is 1. The van der Waals surface area contributed by atoms with Gasteiger partial charge in [0.1, 0.15) is 6.42 Å². The van der Waals surface area contributed by atoms with Crippen molar-refractivity contribution in [3.05, 3.63) is 0 Å². The predicted molar refractivity (Wildman–Crippen MR) is 76.5 cm³/mol. The smallest absolute Gasteiger partial charge is 0.317 e. The van der Waals surface area contributed by atoms with Gasteiger partial charge in [0, 0.05) is 33.9 Å². The van der Waals surface area contributed by atoms with Crippen LogP contribution in [-0.4, -0.2) is 70.6 Å². The highest BCUT2D eigenvalue weighted by Gasteiger charge is 2.13. The molecule has 0 aliphatic rings. The Morgan fingerprint density at radius 2 is 1.45 bits per heavy atom. The molecule has 0 aromatic rings. The second-order valence-electron chi connectivity index (χ2n) is 4.44. The van der Waals surface area contributed by atoms with Gasteiger partial charge in [-0.15, -0.1) is 0 Å². The summed E-state index contributed by atoms with van der Waals surface area (Å²) in [6, 6.07) is 0. The fourth-order valence-electron chi connectivity index (χ4n) is 1.49. The van der Waals surface area contributed by atoms with Crippen LogP contribution in [-0.2, 0) is 33.3 Å². The number of hydrogen-bond donors (Lipinski definition) is 1. The van der Waals surface area contributed by atoms with E-state index < -0.39 is 24.6 Å². The Morgan fingerprint density at radius 1 is 0.909 bits per heavy atom. The largest absolute Gasteiger partial charge is 0.481 e. The molecule has 22 heavy (non-hydrogen) atoms. The van der Waals surface area contributed by atoms with E-state index in [0.717, 1.165) is 12.8 Å². The Balaban J connectivity index is 3.93. The third-order valence-electron chi connectivity index (χ3n) is 2.51. The Kier molecular flexibility index (Phi) is 13.9. The Hall–Kier alpha value is -1.22. The number of hydrogen-bond acceptors (Lipinski definition) is 7. The summed E-state index contributed by atoms with van der Waals surface area (Å²) in [4.78, 5) is 21.5. The molecule has 0 aliphatic carbocycles. The van der Waals surface area contributed by atoms with Crippen molar-refractivity contribution in [3.63, 3.8) is 0 Å². The van der Waals surface area contributed by atoms with Gasteiger partial charge in [-0.2, -0.15) is 0 Å². The second-order valence-corrected chi connectivity index (χ2v) is 4.44. The molecule has 0 atom stereocenters. The maximum Gasteiger partial charge on any atom is 0.317 e. The van der Waals surface area contributed by atoms with E-state index in [9.17, 15) is 9.59 Å². The van der Waals surface area contributed by atoms with Crippen LogP contribution in [0.4, 0.5) is 0 Å². The number of carbonyl (C=O) groups is 2. The lowest BCUT2D eigenvalue weighted by Crippen LogP contribution is -2.23. The van der Waals surface area contributed by atoms with Crippen LogP contribution >= 0.6 is 0 Å². The Bertz CT molecular complexity index is 283. The molecule has 0 heterocycles. The molecule has 8 heteroatoms. The van der Waals surface area contributed by atoms with Crippen molar-refractivity contribution in [3.8, 4) is 0 Å². The molecule has 0 saturated heterocycles. The van der Waals surface area contributed by atoms with Gasteiger partial charge < -0.3 is 28.8 Å². The summed E-state index contributed by atoms with van der Waals surface area (Å²) in [6.07, 6.45) is 0.645. The van der Waals surface area contributed by atoms with Gasteiger partial charge in [0.05, 0.1) is 19.8 Å². The number of aliphatic carboxylic acids is 1. The van der Waals surface area contributed by atoms with Gasteiger partial charge in [0.2, 0.25) is 0 Å². The molecule has 130 valence electrons. The summed E-state index contributed by atoms with van der Waals surface area (Å²) in [5, 5.41) is 8.45. The molecule has 0 aromatic heterocycles. The monoisotopic (exact) mass is 322 g/mol. The van der Waals surface area contributed by atoms with E-state index in [1.54, 1.807) is 14.2 Å². The van der Waals surface area contributed by atoms with E-state index >= 15 is 0 Å². The topological polar surface area (TPSA) is 101 Å². The van der Waals surface area contributed by atoms with E-state index in [4.69, 9.17) is 28.8 Å². The molecule has 0 spiro atoms. The average Bonchev–Trinajstić information content (AvgIpc) is 2.46. The van der Waals surface area contributed by atoms with Crippen molar-refractivity contribution in [2.75, 3.05) is 47.3 Å². The average molecular weight is 322 g/mol. The maximum absolute atomic E-state index is 11.1. The molecule has 0 amide bonds. The first-order chi connectivity index (χ1) is 10.6. The summed E-state index contributed by atoms with van der Waals surface area (Å²) in [7, 11) is 3.22. The van der Waals surface area contributed by atoms with Gasteiger partial charge in [-0.3, -0.25) is 9.59 Å². The molecule has 0 radical (unpaired) electrons. The van der Waals surface area contributed by atoms with Crippen LogP contribution in [0, 0.1) is 0 Å². The fraction of sp³-hybridized carbons (Fsp3) is 0.857. The SMILES string of the molecule is COCCCOC(CCOC(=O)CC(=O)O)OCCCOC. The molecule has 0 rings (SSSR count). The van der Waals surface area contributed by atoms with Crippen LogP contribution in [0.2, 0.25) is 0 Å². The molecule has 0 saturated carbocycles. The molecule has 0 aliphatic heterocycles. The maximum atomic E-state index is 11.1. The first-order valence-electron chi connectivity index (χ1n) is 7.18. The highest BCUT2D eigenvalue weighted by Crippen LogP contribution is 2.04. The summed E-state index contributed by atoms with van der Waals surface area (Å²) in [6.45, 7) is 2.15. The van der Waals surface area contributed by atoms with Crippen molar-refractivity contribution in [1.29, 1.82) is 0 Å². The molecule has 0 bridgehead atoms. The van der Waals surface area contributed by atoms with E-state index in [1.165, 1.54) is 0 Å². The van der Waals surface area contributed by atoms with Crippen molar-refractivity contribution >= 4 is 11.9 Å². The molecule has 8 nitrogen and oxygen atoms in total. The molecule has 0 aromatic carbocycles. The van der Waals surface area contributed by atoms with Gasteiger partial charge in [-0.05, 0) is 12.8 Å². The van der Waals surface area contributed by atoms with Crippen LogP contribution in [0.3, 0.4) is 0 Å². The van der Waals surface area contributed by atoms with Crippen molar-refractivity contribution < 1.29 is 38.4 Å². The van der Waals surface area contributed by atoms with Crippen molar-refractivity contribution in [2.24, 2.45) is 0 Å². The normalized spacial score (nSPS) is 10.9. The molecular formula is C14H26O8. The lowest BCUT2D eigenvalue weighted by Gasteiger charge is -2.18. The van der Waals surface area contributed by atoms with E-state index in [1.807, 2.05) is 0 Å². The van der Waals surface area contributed by atoms with Gasteiger partial charge in [-0.25, -0.2) is 0 Å².